The monoisotopic (exact) mass is 401 g/mol. The summed E-state index contributed by atoms with van der Waals surface area (Å²) in [6.07, 6.45) is 22.3. The molecule has 4 heteroatoms. The Labute approximate surface area is 178 Å². The summed E-state index contributed by atoms with van der Waals surface area (Å²) in [5.74, 6) is 3.90. The van der Waals surface area contributed by atoms with Gasteiger partial charge < -0.3 is 5.73 Å². The first-order valence-electron chi connectivity index (χ1n) is 12.7. The third-order valence-corrected chi connectivity index (χ3v) is 8.73. The van der Waals surface area contributed by atoms with Crippen LogP contribution in [0.25, 0.3) is 0 Å². The van der Waals surface area contributed by atoms with E-state index in [0.717, 1.165) is 37.0 Å². The standard InChI is InChI=1S/C25H43N3O/c1-28-23(29)25(27-24(28)26,15-14-19-8-3-2-4-9-19)18-22-13-7-12-21(17-22)16-20-10-5-6-11-20/h19-22H,2-18H2,1H3,(H2,26,27)/t21-,22-,25-/m1/s1. The van der Waals surface area contributed by atoms with Crippen LogP contribution in [0.1, 0.15) is 109 Å². The highest BCUT2D eigenvalue weighted by Gasteiger charge is 2.48. The number of carbonyl (C=O) groups excluding carboxylic acids is 1. The molecular weight excluding hydrogens is 358 g/mol. The van der Waals surface area contributed by atoms with Crippen LogP contribution in [-0.4, -0.2) is 29.4 Å². The topological polar surface area (TPSA) is 58.7 Å². The molecule has 3 atom stereocenters. The zero-order valence-corrected chi connectivity index (χ0v) is 18.7. The molecule has 4 nitrogen and oxygen atoms in total. The van der Waals surface area contributed by atoms with Crippen LogP contribution in [0, 0.1) is 23.7 Å². The molecule has 0 unspecified atom stereocenters. The minimum atomic E-state index is -0.559. The zero-order valence-electron chi connectivity index (χ0n) is 18.7. The number of rotatable bonds is 7. The molecule has 3 saturated carbocycles. The van der Waals surface area contributed by atoms with Gasteiger partial charge in [0, 0.05) is 7.05 Å². The van der Waals surface area contributed by atoms with Crippen LogP contribution in [0.3, 0.4) is 0 Å². The Kier molecular flexibility index (Phi) is 6.86. The van der Waals surface area contributed by atoms with E-state index in [4.69, 9.17) is 10.7 Å². The zero-order chi connectivity index (χ0) is 20.3. The Balaban J connectivity index is 1.40. The molecular formula is C25H43N3O. The van der Waals surface area contributed by atoms with Gasteiger partial charge in [0.2, 0.25) is 0 Å². The number of nitrogens with zero attached hydrogens (tertiary/aromatic N) is 2. The molecule has 1 amide bonds. The van der Waals surface area contributed by atoms with Crippen molar-refractivity contribution in [1.29, 1.82) is 0 Å². The van der Waals surface area contributed by atoms with Gasteiger partial charge >= 0.3 is 0 Å². The fourth-order valence-corrected chi connectivity index (χ4v) is 7.07. The second kappa shape index (κ2) is 9.39. The molecule has 0 aromatic carbocycles. The van der Waals surface area contributed by atoms with Crippen molar-refractivity contribution in [3.63, 3.8) is 0 Å². The number of hydrogen-bond donors (Lipinski definition) is 1. The number of guanidine groups is 1. The molecule has 2 N–H and O–H groups in total. The van der Waals surface area contributed by atoms with Crippen LogP contribution < -0.4 is 5.73 Å². The molecule has 3 aliphatic carbocycles. The van der Waals surface area contributed by atoms with E-state index in [2.05, 4.69) is 0 Å². The SMILES string of the molecule is CN1C(=O)[C@@](CCC2CCCCC2)(C[C@@H]2CCC[C@H](CC3CCCC3)C2)N=C1N. The summed E-state index contributed by atoms with van der Waals surface area (Å²) in [7, 11) is 1.81. The molecule has 0 aromatic rings. The van der Waals surface area contributed by atoms with E-state index in [1.807, 2.05) is 7.05 Å². The third kappa shape index (κ3) is 4.99. The highest BCUT2D eigenvalue weighted by Crippen LogP contribution is 2.44. The van der Waals surface area contributed by atoms with Gasteiger partial charge in [-0.2, -0.15) is 0 Å². The lowest BCUT2D eigenvalue weighted by atomic mass is 9.71. The van der Waals surface area contributed by atoms with Crippen molar-refractivity contribution in [2.45, 2.75) is 115 Å². The number of carbonyl (C=O) groups is 1. The van der Waals surface area contributed by atoms with Crippen LogP contribution in [0.4, 0.5) is 0 Å². The molecule has 0 radical (unpaired) electrons. The highest BCUT2D eigenvalue weighted by atomic mass is 16.2. The van der Waals surface area contributed by atoms with Gasteiger partial charge in [-0.05, 0) is 55.8 Å². The normalized spacial score (nSPS) is 34.7. The largest absolute Gasteiger partial charge is 0.369 e. The summed E-state index contributed by atoms with van der Waals surface area (Å²) < 4.78 is 0. The quantitative estimate of drug-likeness (QED) is 0.599. The molecule has 0 bridgehead atoms. The lowest BCUT2D eigenvalue weighted by Gasteiger charge is -2.36. The van der Waals surface area contributed by atoms with Crippen LogP contribution in [0.2, 0.25) is 0 Å². The van der Waals surface area contributed by atoms with Crippen molar-refractivity contribution in [2.75, 3.05) is 7.05 Å². The van der Waals surface area contributed by atoms with Gasteiger partial charge in [-0.15, -0.1) is 0 Å². The minimum Gasteiger partial charge on any atom is -0.369 e. The summed E-state index contributed by atoms with van der Waals surface area (Å²) >= 11 is 0. The van der Waals surface area contributed by atoms with Gasteiger partial charge in [0.05, 0.1) is 0 Å². The van der Waals surface area contributed by atoms with Gasteiger partial charge in [-0.1, -0.05) is 77.0 Å². The van der Waals surface area contributed by atoms with E-state index in [0.29, 0.717) is 11.9 Å². The lowest BCUT2D eigenvalue weighted by Crippen LogP contribution is -2.44. The van der Waals surface area contributed by atoms with Gasteiger partial charge in [-0.3, -0.25) is 9.69 Å². The molecule has 0 aromatic heterocycles. The van der Waals surface area contributed by atoms with E-state index in [1.165, 1.54) is 89.9 Å². The van der Waals surface area contributed by atoms with Crippen LogP contribution in [0.15, 0.2) is 4.99 Å². The van der Waals surface area contributed by atoms with Gasteiger partial charge in [-0.25, -0.2) is 4.99 Å². The minimum absolute atomic E-state index is 0.170. The Morgan fingerprint density at radius 2 is 1.52 bits per heavy atom. The van der Waals surface area contributed by atoms with Crippen LogP contribution in [0.5, 0.6) is 0 Å². The molecule has 0 saturated heterocycles. The number of nitrogens with two attached hydrogens (primary N) is 1. The Morgan fingerprint density at radius 1 is 0.897 bits per heavy atom. The Hall–Kier alpha value is -1.06. The molecule has 29 heavy (non-hydrogen) atoms. The average molecular weight is 402 g/mol. The predicted octanol–water partition coefficient (Wildman–Crippen LogP) is 5.65. The summed E-state index contributed by atoms with van der Waals surface area (Å²) in [4.78, 5) is 19.8. The molecule has 4 rings (SSSR count). The van der Waals surface area contributed by atoms with Crippen molar-refractivity contribution in [2.24, 2.45) is 34.4 Å². The summed E-state index contributed by atoms with van der Waals surface area (Å²) in [5, 5.41) is 0. The first-order chi connectivity index (χ1) is 14.1. The van der Waals surface area contributed by atoms with E-state index in [1.54, 1.807) is 4.90 Å². The average Bonchev–Trinajstić information content (AvgIpc) is 3.31. The number of likely N-dealkylation sites (N-methyl/N-ethyl adjacent to an activating group) is 1. The van der Waals surface area contributed by atoms with Crippen molar-refractivity contribution >= 4 is 11.9 Å². The lowest BCUT2D eigenvalue weighted by molar-refractivity contribution is -0.131. The van der Waals surface area contributed by atoms with E-state index < -0.39 is 5.54 Å². The molecule has 3 fully saturated rings. The summed E-state index contributed by atoms with van der Waals surface area (Å²) in [6, 6.07) is 0. The molecule has 0 spiro atoms. The summed E-state index contributed by atoms with van der Waals surface area (Å²) in [6.45, 7) is 0. The Morgan fingerprint density at radius 3 is 2.21 bits per heavy atom. The van der Waals surface area contributed by atoms with Crippen molar-refractivity contribution < 1.29 is 4.79 Å². The van der Waals surface area contributed by atoms with E-state index in [-0.39, 0.29) is 5.91 Å². The van der Waals surface area contributed by atoms with Crippen molar-refractivity contribution in [1.82, 2.24) is 4.90 Å². The van der Waals surface area contributed by atoms with Crippen LogP contribution >= 0.6 is 0 Å². The third-order valence-electron chi connectivity index (χ3n) is 8.73. The van der Waals surface area contributed by atoms with E-state index in [9.17, 15) is 4.79 Å². The van der Waals surface area contributed by atoms with Gasteiger partial charge in [0.15, 0.2) is 5.96 Å². The molecule has 1 aliphatic heterocycles. The first kappa shape index (κ1) is 21.2. The second-order valence-corrected chi connectivity index (χ2v) is 10.9. The first-order valence-corrected chi connectivity index (χ1v) is 12.7. The van der Waals surface area contributed by atoms with Gasteiger partial charge in [0.25, 0.3) is 5.91 Å². The molecule has 1 heterocycles. The number of aliphatic imine (C=N–C) groups is 1. The van der Waals surface area contributed by atoms with Gasteiger partial charge in [0.1, 0.15) is 5.54 Å². The fourth-order valence-electron chi connectivity index (χ4n) is 7.07. The Bertz CT molecular complexity index is 591. The highest BCUT2D eigenvalue weighted by molar-refractivity contribution is 6.06. The van der Waals surface area contributed by atoms with Crippen molar-refractivity contribution in [3.8, 4) is 0 Å². The van der Waals surface area contributed by atoms with E-state index >= 15 is 0 Å². The maximum absolute atomic E-state index is 13.3. The second-order valence-electron chi connectivity index (χ2n) is 10.9. The van der Waals surface area contributed by atoms with Crippen LogP contribution in [-0.2, 0) is 4.79 Å². The maximum Gasteiger partial charge on any atom is 0.257 e. The molecule has 164 valence electrons. The predicted molar refractivity (Wildman–Crippen MR) is 120 cm³/mol. The molecule has 4 aliphatic rings. The maximum atomic E-state index is 13.3. The summed E-state index contributed by atoms with van der Waals surface area (Å²) in [5.41, 5.74) is 5.59. The van der Waals surface area contributed by atoms with Crippen molar-refractivity contribution in [3.05, 3.63) is 0 Å². The number of hydrogen-bond acceptors (Lipinski definition) is 3. The number of amides is 1. The smallest absolute Gasteiger partial charge is 0.257 e. The fraction of sp³-hybridized carbons (Fsp3) is 0.920.